The third-order valence-corrected chi connectivity index (χ3v) is 2.02. The first kappa shape index (κ1) is 14.4. The molecule has 5 heteroatoms. The predicted molar refractivity (Wildman–Crippen MR) is 59.5 cm³/mol. The SMILES string of the molecule is Fc1cc(-c2c[c-]ccc2)cc(F)c1F.[Zn+][Br]. The van der Waals surface area contributed by atoms with Gasteiger partial charge in [0, 0.05) is 0 Å². The Balaban J connectivity index is 0.000000686. The van der Waals surface area contributed by atoms with Crippen LogP contribution < -0.4 is 0 Å². The summed E-state index contributed by atoms with van der Waals surface area (Å²) in [6.45, 7) is 0. The summed E-state index contributed by atoms with van der Waals surface area (Å²) in [6.07, 6.45) is 0. The third-order valence-electron chi connectivity index (χ3n) is 2.02. The van der Waals surface area contributed by atoms with Crippen molar-refractivity contribution in [3.8, 4) is 11.1 Å². The van der Waals surface area contributed by atoms with Crippen molar-refractivity contribution in [1.82, 2.24) is 0 Å². The van der Waals surface area contributed by atoms with E-state index >= 15 is 0 Å². The fraction of sp³-hybridized carbons (Fsp3) is 0. The van der Waals surface area contributed by atoms with E-state index in [-0.39, 0.29) is 0 Å². The molecule has 0 atom stereocenters. The molecular weight excluding hydrogens is 346 g/mol. The molecule has 0 saturated carbocycles. The molecule has 0 nitrogen and oxygen atoms in total. The number of hydrogen-bond donors (Lipinski definition) is 0. The summed E-state index contributed by atoms with van der Waals surface area (Å²) in [5.74, 6) is -3.82. The summed E-state index contributed by atoms with van der Waals surface area (Å²) in [6, 6.07) is 11.3. The van der Waals surface area contributed by atoms with E-state index in [4.69, 9.17) is 0 Å². The first-order valence-electron chi connectivity index (χ1n) is 4.56. The maximum atomic E-state index is 12.9. The van der Waals surface area contributed by atoms with Crippen molar-refractivity contribution < 1.29 is 29.5 Å². The molecule has 2 aromatic carbocycles. The number of hydrogen-bond acceptors (Lipinski definition) is 0. The molecule has 84 valence electrons. The minimum absolute atomic E-state index is 0.295. The third kappa shape index (κ3) is 3.65. The summed E-state index contributed by atoms with van der Waals surface area (Å²) >= 11 is 4.25. The molecule has 0 bridgehead atoms. The quantitative estimate of drug-likeness (QED) is 0.405. The molecule has 0 radical (unpaired) electrons. The van der Waals surface area contributed by atoms with Gasteiger partial charge in [-0.3, -0.25) is 0 Å². The summed E-state index contributed by atoms with van der Waals surface area (Å²) in [5, 5.41) is 0. The second-order valence-electron chi connectivity index (χ2n) is 3.05. The van der Waals surface area contributed by atoms with E-state index in [2.05, 4.69) is 19.7 Å². The monoisotopic (exact) mass is 350 g/mol. The van der Waals surface area contributed by atoms with Gasteiger partial charge in [-0.05, 0) is 12.1 Å². The molecule has 0 aliphatic rings. The molecule has 0 spiro atoms. The molecule has 0 fully saturated rings. The van der Waals surface area contributed by atoms with E-state index in [1.807, 2.05) is 0 Å². The van der Waals surface area contributed by atoms with Crippen LogP contribution in [-0.4, -0.2) is 0 Å². The van der Waals surface area contributed by atoms with Crippen LogP contribution in [0.25, 0.3) is 11.1 Å². The van der Waals surface area contributed by atoms with E-state index < -0.39 is 17.5 Å². The van der Waals surface area contributed by atoms with Crippen LogP contribution in [0.2, 0.25) is 0 Å². The van der Waals surface area contributed by atoms with Crippen molar-refractivity contribution in [2.45, 2.75) is 0 Å². The van der Waals surface area contributed by atoms with Crippen molar-refractivity contribution in [3.63, 3.8) is 0 Å². The molecule has 0 N–H and O–H groups in total. The van der Waals surface area contributed by atoms with Gasteiger partial charge in [0.2, 0.25) is 0 Å². The van der Waals surface area contributed by atoms with Crippen LogP contribution in [0.1, 0.15) is 0 Å². The Morgan fingerprint density at radius 1 is 1.00 bits per heavy atom. The van der Waals surface area contributed by atoms with Gasteiger partial charge < -0.3 is 0 Å². The Morgan fingerprint density at radius 3 is 2.06 bits per heavy atom. The van der Waals surface area contributed by atoms with Crippen LogP contribution >= 0.6 is 13.6 Å². The molecule has 0 aliphatic carbocycles. The predicted octanol–water partition coefficient (Wildman–Crippen LogP) is 4.41. The average Bonchev–Trinajstić information content (AvgIpc) is 2.39. The van der Waals surface area contributed by atoms with Crippen LogP contribution in [0, 0.1) is 23.5 Å². The van der Waals surface area contributed by atoms with Gasteiger partial charge in [0.05, 0.1) is 0 Å². The minimum atomic E-state index is -1.45. The summed E-state index contributed by atoms with van der Waals surface area (Å²) in [7, 11) is 0. The molecule has 0 unspecified atom stereocenters. The van der Waals surface area contributed by atoms with Crippen molar-refractivity contribution in [3.05, 3.63) is 59.9 Å². The van der Waals surface area contributed by atoms with Gasteiger partial charge in [-0.25, -0.2) is 13.2 Å². The molecule has 2 rings (SSSR count). The molecule has 0 aliphatic heterocycles. The van der Waals surface area contributed by atoms with Crippen molar-refractivity contribution in [1.29, 1.82) is 0 Å². The zero-order valence-electron chi connectivity index (χ0n) is 8.68. The average molecular weight is 352 g/mol. The van der Waals surface area contributed by atoms with E-state index in [1.54, 1.807) is 24.3 Å². The van der Waals surface area contributed by atoms with Crippen LogP contribution in [-0.2, 0) is 16.3 Å². The molecular formula is C12H6BrF3Zn. The van der Waals surface area contributed by atoms with E-state index in [0.29, 0.717) is 11.1 Å². The van der Waals surface area contributed by atoms with Crippen LogP contribution in [0.5, 0.6) is 0 Å². The zero-order valence-corrected chi connectivity index (χ0v) is 13.2. The van der Waals surface area contributed by atoms with Gasteiger partial charge in [0.25, 0.3) is 0 Å². The van der Waals surface area contributed by atoms with Crippen molar-refractivity contribution in [2.24, 2.45) is 0 Å². The van der Waals surface area contributed by atoms with Gasteiger partial charge in [-0.15, -0.1) is 5.56 Å². The van der Waals surface area contributed by atoms with E-state index in [1.165, 1.54) is 16.3 Å². The number of rotatable bonds is 1. The molecule has 0 saturated heterocycles. The zero-order chi connectivity index (χ0) is 12.8. The van der Waals surface area contributed by atoms with E-state index in [9.17, 15) is 13.2 Å². The Bertz CT molecular complexity index is 465. The summed E-state index contributed by atoms with van der Waals surface area (Å²) < 4.78 is 38.5. The van der Waals surface area contributed by atoms with Crippen LogP contribution in [0.15, 0.2) is 36.4 Å². The fourth-order valence-corrected chi connectivity index (χ4v) is 1.30. The standard InChI is InChI=1S/C12H6F3.BrH.Zn/c13-10-6-9(7-11(14)12(10)15)8-4-2-1-3-5-8;;/h1-2,4-7H;1H;/q-1;;+2/p-1. The molecule has 0 amide bonds. The second kappa shape index (κ2) is 6.92. The number of benzene rings is 2. The topological polar surface area (TPSA) is 0 Å². The molecule has 0 heterocycles. The Morgan fingerprint density at radius 2 is 1.59 bits per heavy atom. The van der Waals surface area contributed by atoms with Crippen molar-refractivity contribution in [2.75, 3.05) is 0 Å². The first-order valence-corrected chi connectivity index (χ1v) is 11.5. The Kier molecular flexibility index (Phi) is 5.86. The first-order chi connectivity index (χ1) is 8.18. The second-order valence-corrected chi connectivity index (χ2v) is 3.05. The summed E-state index contributed by atoms with van der Waals surface area (Å²) in [5.41, 5.74) is 0.888. The Hall–Kier alpha value is -0.667. The van der Waals surface area contributed by atoms with E-state index in [0.717, 1.165) is 12.1 Å². The van der Waals surface area contributed by atoms with Gasteiger partial charge in [0.15, 0.2) is 17.5 Å². The molecule has 17 heavy (non-hydrogen) atoms. The molecule has 0 aromatic heterocycles. The fourth-order valence-electron chi connectivity index (χ4n) is 1.30. The summed E-state index contributed by atoms with van der Waals surface area (Å²) in [4.78, 5) is 0. The molecule has 2 aromatic rings. The number of halogens is 4. The Labute approximate surface area is 114 Å². The van der Waals surface area contributed by atoms with Gasteiger partial charge >= 0.3 is 30.0 Å². The van der Waals surface area contributed by atoms with Crippen molar-refractivity contribution >= 4 is 13.6 Å². The van der Waals surface area contributed by atoms with Gasteiger partial charge in [0.1, 0.15) is 0 Å². The normalized spacial score (nSPS) is 9.53. The maximum absolute atomic E-state index is 12.9. The van der Waals surface area contributed by atoms with Crippen LogP contribution in [0.3, 0.4) is 0 Å². The van der Waals surface area contributed by atoms with Crippen LogP contribution in [0.4, 0.5) is 13.2 Å². The van der Waals surface area contributed by atoms with Gasteiger partial charge in [-0.1, -0.05) is 5.56 Å². The van der Waals surface area contributed by atoms with Gasteiger partial charge in [-0.2, -0.15) is 30.3 Å².